The molecule has 3 N–H and O–H groups in total. The van der Waals surface area contributed by atoms with Gasteiger partial charge < -0.3 is 25.0 Å². The maximum absolute atomic E-state index is 13.1. The Kier molecular flexibility index (Phi) is 9.72. The third-order valence-electron chi connectivity index (χ3n) is 8.50. The highest BCUT2D eigenvalue weighted by molar-refractivity contribution is 7.89. The lowest BCUT2D eigenvalue weighted by atomic mass is 9.94. The number of aromatic nitrogens is 2. The number of benzene rings is 2. The van der Waals surface area contributed by atoms with Gasteiger partial charge in [-0.15, -0.1) is 0 Å². The van der Waals surface area contributed by atoms with E-state index in [9.17, 15) is 8.42 Å². The second-order valence-electron chi connectivity index (χ2n) is 11.4. The van der Waals surface area contributed by atoms with Gasteiger partial charge in [0, 0.05) is 50.0 Å². The van der Waals surface area contributed by atoms with E-state index in [4.69, 9.17) is 21.1 Å². The average molecular weight is 642 g/mol. The smallest absolute Gasteiger partial charge is 0.242 e. The molecule has 0 unspecified atom stereocenters. The molecule has 2 aliphatic heterocycles. The van der Waals surface area contributed by atoms with Crippen LogP contribution in [0.15, 0.2) is 53.6 Å². The molecule has 13 heteroatoms. The van der Waals surface area contributed by atoms with E-state index in [0.717, 1.165) is 82.9 Å². The van der Waals surface area contributed by atoms with Crippen LogP contribution in [-0.2, 0) is 14.8 Å². The highest BCUT2D eigenvalue weighted by Gasteiger charge is 2.28. The summed E-state index contributed by atoms with van der Waals surface area (Å²) in [6, 6.07) is 13.4. The molecule has 3 heterocycles. The number of sulfonamides is 1. The maximum atomic E-state index is 13.1. The fourth-order valence-corrected chi connectivity index (χ4v) is 7.50. The van der Waals surface area contributed by atoms with Gasteiger partial charge in [0.15, 0.2) is 5.82 Å². The Morgan fingerprint density at radius 1 is 1.00 bits per heavy atom. The molecule has 2 saturated heterocycles. The topological polar surface area (TPSA) is 121 Å². The van der Waals surface area contributed by atoms with E-state index in [0.29, 0.717) is 30.0 Å². The van der Waals surface area contributed by atoms with Gasteiger partial charge in [-0.2, -0.15) is 4.98 Å². The van der Waals surface area contributed by atoms with E-state index in [1.165, 1.54) is 6.20 Å². The zero-order chi connectivity index (χ0) is 30.5. The van der Waals surface area contributed by atoms with Crippen molar-refractivity contribution in [2.45, 2.75) is 56.0 Å². The summed E-state index contributed by atoms with van der Waals surface area (Å²) in [5.74, 6) is 1.28. The third kappa shape index (κ3) is 7.21. The minimum Gasteiger partial charge on any atom is -0.492 e. The first-order valence-electron chi connectivity index (χ1n) is 15.4. The summed E-state index contributed by atoms with van der Waals surface area (Å²) in [5.41, 5.74) is 2.22. The van der Waals surface area contributed by atoms with Crippen molar-refractivity contribution >= 4 is 50.5 Å². The Morgan fingerprint density at radius 3 is 2.50 bits per heavy atom. The van der Waals surface area contributed by atoms with Gasteiger partial charge in [-0.25, -0.2) is 18.1 Å². The van der Waals surface area contributed by atoms with Crippen LogP contribution in [0.3, 0.4) is 0 Å². The van der Waals surface area contributed by atoms with E-state index in [1.807, 2.05) is 13.0 Å². The van der Waals surface area contributed by atoms with Gasteiger partial charge in [-0.3, -0.25) is 4.90 Å². The van der Waals surface area contributed by atoms with Crippen LogP contribution in [-0.4, -0.2) is 81.4 Å². The van der Waals surface area contributed by atoms with Crippen molar-refractivity contribution < 1.29 is 17.9 Å². The first-order chi connectivity index (χ1) is 21.4. The van der Waals surface area contributed by atoms with Crippen LogP contribution in [0.5, 0.6) is 5.75 Å². The summed E-state index contributed by atoms with van der Waals surface area (Å²) in [4.78, 5) is 14.1. The Morgan fingerprint density at radius 2 is 1.77 bits per heavy atom. The van der Waals surface area contributed by atoms with Gasteiger partial charge in [0.25, 0.3) is 0 Å². The normalized spacial score (nSPS) is 18.5. The lowest BCUT2D eigenvalue weighted by molar-refractivity contribution is 0.0115. The summed E-state index contributed by atoms with van der Waals surface area (Å²) >= 11 is 6.46. The van der Waals surface area contributed by atoms with Crippen molar-refractivity contribution in [3.63, 3.8) is 0 Å². The highest BCUT2D eigenvalue weighted by atomic mass is 35.5. The van der Waals surface area contributed by atoms with Crippen molar-refractivity contribution in [2.24, 2.45) is 0 Å². The van der Waals surface area contributed by atoms with E-state index in [2.05, 4.69) is 47.3 Å². The largest absolute Gasteiger partial charge is 0.492 e. The van der Waals surface area contributed by atoms with Crippen molar-refractivity contribution in [3.8, 4) is 5.75 Å². The summed E-state index contributed by atoms with van der Waals surface area (Å²) in [6.45, 7) is 8.14. The number of hydrogen-bond acceptors (Lipinski definition) is 10. The third-order valence-corrected chi connectivity index (χ3v) is 10.4. The minimum absolute atomic E-state index is 0.0284. The maximum Gasteiger partial charge on any atom is 0.242 e. The summed E-state index contributed by atoms with van der Waals surface area (Å²) in [5, 5.41) is 6.63. The molecule has 0 spiro atoms. The molecule has 11 nitrogen and oxygen atoms in total. The summed E-state index contributed by atoms with van der Waals surface area (Å²) in [6.07, 6.45) is 6.45. The first kappa shape index (κ1) is 30.8. The van der Waals surface area contributed by atoms with Gasteiger partial charge in [0.2, 0.25) is 16.0 Å². The molecule has 44 heavy (non-hydrogen) atoms. The monoisotopic (exact) mass is 641 g/mol. The minimum atomic E-state index is -3.72. The SMILES string of the molecule is CCOc1cc(N2CCC(N3CCOCC3)CC2)ccc1Nc1ncc(Cl)c(Nc2ccccc2S(=O)(=O)NC2CCC2)n1. The molecule has 3 fully saturated rings. The number of nitrogens with one attached hydrogen (secondary N) is 3. The van der Waals surface area contributed by atoms with Crippen LogP contribution in [0.1, 0.15) is 39.0 Å². The number of morpholine rings is 1. The van der Waals surface area contributed by atoms with Crippen molar-refractivity contribution in [1.82, 2.24) is 19.6 Å². The first-order valence-corrected chi connectivity index (χ1v) is 17.3. The van der Waals surface area contributed by atoms with Crippen molar-refractivity contribution in [3.05, 3.63) is 53.7 Å². The van der Waals surface area contributed by atoms with Gasteiger partial charge in [-0.1, -0.05) is 30.2 Å². The van der Waals surface area contributed by atoms with Crippen LogP contribution in [0.25, 0.3) is 0 Å². The Labute approximate surface area is 264 Å². The van der Waals surface area contributed by atoms with Gasteiger partial charge in [-0.05, 0) is 56.9 Å². The lowest BCUT2D eigenvalue weighted by Gasteiger charge is -2.41. The second kappa shape index (κ2) is 13.9. The number of hydrogen-bond donors (Lipinski definition) is 3. The summed E-state index contributed by atoms with van der Waals surface area (Å²) in [7, 11) is -3.72. The molecule has 1 saturated carbocycles. The molecular formula is C31H40ClN7O4S. The molecule has 0 amide bonds. The number of para-hydroxylation sites is 1. The molecule has 6 rings (SSSR count). The molecule has 3 aromatic rings. The highest BCUT2D eigenvalue weighted by Crippen LogP contribution is 2.35. The van der Waals surface area contributed by atoms with Gasteiger partial charge >= 0.3 is 0 Å². The predicted molar refractivity (Wildman–Crippen MR) is 173 cm³/mol. The second-order valence-corrected chi connectivity index (χ2v) is 13.5. The average Bonchev–Trinajstić information content (AvgIpc) is 3.02. The fourth-order valence-electron chi connectivity index (χ4n) is 5.89. The zero-order valence-corrected chi connectivity index (χ0v) is 26.5. The van der Waals surface area contributed by atoms with Gasteiger partial charge in [0.05, 0.1) is 37.4 Å². The van der Waals surface area contributed by atoms with Crippen LogP contribution in [0.4, 0.5) is 28.8 Å². The molecule has 0 atom stereocenters. The molecule has 0 bridgehead atoms. The molecule has 3 aliphatic rings. The zero-order valence-electron chi connectivity index (χ0n) is 25.0. The van der Waals surface area contributed by atoms with Crippen LogP contribution >= 0.6 is 11.6 Å². The standard InChI is InChI=1S/C31H40ClN7O4S/c1-2-43-28-20-24(38-14-12-23(13-15-38)39-16-18-42-19-17-39)10-11-26(28)35-31-33-21-25(32)30(36-31)34-27-8-3-4-9-29(27)44(40,41)37-22-6-5-7-22/h3-4,8-11,20-23,37H,2,5-7,12-19H2,1H3,(H2,33,34,35,36). The van der Waals surface area contributed by atoms with Crippen LogP contribution in [0, 0.1) is 0 Å². The fraction of sp³-hybridized carbons (Fsp3) is 0.484. The predicted octanol–water partition coefficient (Wildman–Crippen LogP) is 5.15. The Bertz CT molecular complexity index is 1540. The number of halogens is 1. The Hall–Kier alpha value is -3.16. The lowest BCUT2D eigenvalue weighted by Crippen LogP contribution is -2.49. The van der Waals surface area contributed by atoms with Gasteiger partial charge in [0.1, 0.15) is 15.7 Å². The van der Waals surface area contributed by atoms with E-state index in [-0.39, 0.29) is 21.8 Å². The van der Waals surface area contributed by atoms with Crippen molar-refractivity contribution in [1.29, 1.82) is 0 Å². The molecule has 0 radical (unpaired) electrons. The molecular weight excluding hydrogens is 602 g/mol. The molecule has 2 aromatic carbocycles. The van der Waals surface area contributed by atoms with Crippen molar-refractivity contribution in [2.75, 3.05) is 61.5 Å². The molecule has 236 valence electrons. The van der Waals surface area contributed by atoms with Crippen LogP contribution < -0.4 is 25.0 Å². The van der Waals surface area contributed by atoms with E-state index >= 15 is 0 Å². The number of rotatable bonds is 11. The number of anilines is 5. The molecule has 1 aromatic heterocycles. The quantitative estimate of drug-likeness (QED) is 0.259. The molecule has 1 aliphatic carbocycles. The van der Waals surface area contributed by atoms with E-state index < -0.39 is 10.0 Å². The Balaban J connectivity index is 1.16. The van der Waals surface area contributed by atoms with Crippen LogP contribution in [0.2, 0.25) is 5.02 Å². The number of nitrogens with zero attached hydrogens (tertiary/aromatic N) is 4. The number of piperidine rings is 1. The number of ether oxygens (including phenoxy) is 2. The summed E-state index contributed by atoms with van der Waals surface area (Å²) < 4.78 is 40.6. The van der Waals surface area contributed by atoms with E-state index in [1.54, 1.807) is 24.3 Å².